The zero-order chi connectivity index (χ0) is 61.3. The van der Waals surface area contributed by atoms with Crippen LogP contribution in [0.4, 0.5) is 23.3 Å². The Bertz CT molecular complexity index is 4910. The molecule has 0 N–H and O–H groups in total. The van der Waals surface area contributed by atoms with Gasteiger partial charge in [-0.05, 0) is 0 Å². The largest absolute Gasteiger partial charge is 0.291 e. The summed E-state index contributed by atoms with van der Waals surface area (Å²) in [5.74, 6) is 8.37. The van der Waals surface area contributed by atoms with Crippen LogP contribution in [0.2, 0.25) is 0 Å². The summed E-state index contributed by atoms with van der Waals surface area (Å²) in [7, 11) is 0. The molecular weight excluding hydrogens is 1110 g/mol. The number of nitrogens with zero attached hydrogens (tertiary/aromatic N) is 16. The van der Waals surface area contributed by atoms with Crippen molar-refractivity contribution < 1.29 is 0 Å². The lowest BCUT2D eigenvalue weighted by Gasteiger charge is -2.12. The number of benzene rings is 8. The molecule has 8 aliphatic heterocycles. The van der Waals surface area contributed by atoms with Gasteiger partial charge in [0.2, 0.25) is 0 Å². The van der Waals surface area contributed by atoms with E-state index in [1.807, 2.05) is 152 Å². The molecule has 436 valence electrons. The maximum Gasteiger partial charge on any atom is 0.164 e. The van der Waals surface area contributed by atoms with Crippen molar-refractivity contribution in [1.29, 1.82) is 0 Å². The van der Waals surface area contributed by atoms with E-state index in [4.69, 9.17) is 59.9 Å². The first kappa shape index (κ1) is 55.1. The monoisotopic (exact) mass is 1170 g/mol. The molecule has 8 aliphatic rings. The molecule has 20 rings (SSSR count). The van der Waals surface area contributed by atoms with Gasteiger partial charge in [0, 0.05) is 87.6 Å². The number of amidine groups is 8. The fraction of sp³-hybridized carbons (Fsp3) is 0.135. The Hall–Kier alpha value is -11.5. The fourth-order valence-electron chi connectivity index (χ4n) is 12.7. The van der Waals surface area contributed by atoms with Crippen molar-refractivity contribution in [2.75, 3.05) is 0 Å². The van der Waals surface area contributed by atoms with Crippen LogP contribution in [0.25, 0.3) is 43.1 Å². The van der Waals surface area contributed by atoms with Gasteiger partial charge in [-0.25, -0.2) is 59.9 Å². The van der Waals surface area contributed by atoms with Gasteiger partial charge >= 0.3 is 0 Å². The molecule has 0 radical (unpaired) electrons. The average molecular weight is 1170 g/mol. The van der Waals surface area contributed by atoms with Gasteiger partial charge in [0.05, 0.1) is 0 Å². The van der Waals surface area contributed by atoms with Crippen LogP contribution in [0.15, 0.2) is 254 Å². The predicted molar refractivity (Wildman–Crippen MR) is 365 cm³/mol. The summed E-state index contributed by atoms with van der Waals surface area (Å²) in [5, 5.41) is 8.03. The quantitative estimate of drug-likeness (QED) is 0.141. The van der Waals surface area contributed by atoms with E-state index in [0.29, 0.717) is 60.0 Å². The van der Waals surface area contributed by atoms with Crippen molar-refractivity contribution in [3.8, 4) is 0 Å². The molecule has 4 aromatic heterocycles. The predicted octanol–water partition coefficient (Wildman–Crippen LogP) is 14.2. The van der Waals surface area contributed by atoms with E-state index in [1.54, 1.807) is 0 Å². The number of fused-ring (bicyclic) bond motifs is 28. The third kappa shape index (κ3) is 8.35. The third-order valence-electron chi connectivity index (χ3n) is 16.4. The lowest BCUT2D eigenvalue weighted by atomic mass is 10.1. The van der Waals surface area contributed by atoms with Gasteiger partial charge in [-0.2, -0.15) is 0 Å². The first-order valence-corrected chi connectivity index (χ1v) is 31.0. The minimum Gasteiger partial charge on any atom is -0.291 e. The minimum atomic E-state index is 0.423. The average Bonchev–Trinajstić information content (AvgIpc) is 1.59. The van der Waals surface area contributed by atoms with Gasteiger partial charge < -0.3 is 0 Å². The van der Waals surface area contributed by atoms with E-state index in [2.05, 4.69) is 115 Å². The Morgan fingerprint density at radius 1 is 0.189 bits per heavy atom. The lowest BCUT2D eigenvalue weighted by Crippen LogP contribution is -2.32. The number of aliphatic imine (C=N–C) groups is 8. The van der Waals surface area contributed by atoms with Gasteiger partial charge in [0.25, 0.3) is 0 Å². The number of aromatic nitrogens is 4. The SMILES string of the molecule is CC.CC.CC.CC.c1ccc2c(c1)C1=NC2=Nc2c3ccccc3c3n2Cn2c(c4ccccc4c2=NC2=NC(=N3)c3ccccc32)=N1.c1ccc2c(c1)C1=NC2=Nc2c3ccccc3c3n2Cn2c(c4ccccc4c2=NC2=NC(=N3)c3ccccc32)=N1. The van der Waals surface area contributed by atoms with E-state index < -0.39 is 0 Å². The summed E-state index contributed by atoms with van der Waals surface area (Å²) in [6, 6.07) is 65.8. The van der Waals surface area contributed by atoms with Gasteiger partial charge in [0.15, 0.2) is 46.7 Å². The summed E-state index contributed by atoms with van der Waals surface area (Å²) in [4.78, 5) is 61.7. The number of hydrogen-bond donors (Lipinski definition) is 0. The Morgan fingerprint density at radius 2 is 0.356 bits per heavy atom. The maximum absolute atomic E-state index is 5.22. The highest BCUT2D eigenvalue weighted by atomic mass is 15.3. The van der Waals surface area contributed by atoms with Crippen molar-refractivity contribution in [2.45, 2.75) is 68.7 Å². The van der Waals surface area contributed by atoms with Gasteiger partial charge in [-0.15, -0.1) is 0 Å². The second-order valence-corrected chi connectivity index (χ2v) is 20.9. The molecule has 0 saturated heterocycles. The fourth-order valence-corrected chi connectivity index (χ4v) is 12.7. The Labute approximate surface area is 518 Å². The van der Waals surface area contributed by atoms with Crippen molar-refractivity contribution in [2.24, 2.45) is 59.9 Å². The standard InChI is InChI=1S/2C33H18N8.4C2H6/c2*1-2-10-19-18(9-1)26-34-27(19)37-31-24-15-7-8-16-25(24)33-39-29-21-12-4-3-11-20(21)28(35-29)38-32-23-14-6-5-13-22(23)30(36-26)40(32)17-41(31)33;4*1-2/h2*1-16H,17H2;4*1-2H3. The first-order valence-electron chi connectivity index (χ1n) is 31.0. The maximum atomic E-state index is 5.22. The highest BCUT2D eigenvalue weighted by Gasteiger charge is 2.32. The summed E-state index contributed by atoms with van der Waals surface area (Å²) < 4.78 is 8.63. The second-order valence-electron chi connectivity index (χ2n) is 20.9. The van der Waals surface area contributed by atoms with Crippen LogP contribution in [0.3, 0.4) is 0 Å². The Morgan fingerprint density at radius 3 is 0.556 bits per heavy atom. The van der Waals surface area contributed by atoms with Crippen LogP contribution >= 0.6 is 0 Å². The molecule has 12 aromatic rings. The minimum absolute atomic E-state index is 0.423. The van der Waals surface area contributed by atoms with Crippen LogP contribution in [0.1, 0.15) is 99.9 Å². The van der Waals surface area contributed by atoms with Crippen molar-refractivity contribution in [3.63, 3.8) is 0 Å². The van der Waals surface area contributed by atoms with Crippen molar-refractivity contribution in [1.82, 2.24) is 18.3 Å². The molecule has 12 heterocycles. The lowest BCUT2D eigenvalue weighted by molar-refractivity contribution is 0.584. The van der Waals surface area contributed by atoms with E-state index in [9.17, 15) is 0 Å². The molecule has 0 atom stereocenters. The summed E-state index contributed by atoms with van der Waals surface area (Å²) >= 11 is 0. The van der Waals surface area contributed by atoms with Gasteiger partial charge in [-0.1, -0.05) is 250 Å². The molecule has 90 heavy (non-hydrogen) atoms. The van der Waals surface area contributed by atoms with E-state index in [0.717, 1.165) is 133 Å². The smallest absolute Gasteiger partial charge is 0.164 e. The third-order valence-corrected chi connectivity index (χ3v) is 16.4. The topological polar surface area (TPSA) is 168 Å². The molecule has 0 spiro atoms. The van der Waals surface area contributed by atoms with Crippen LogP contribution in [0, 0.1) is 0 Å². The Balaban J connectivity index is 0.000000136. The van der Waals surface area contributed by atoms with Gasteiger partial charge in [-0.3, -0.25) is 18.3 Å². The summed E-state index contributed by atoms with van der Waals surface area (Å²) in [5.41, 5.74) is 10.9. The molecule has 0 amide bonds. The zero-order valence-corrected chi connectivity index (χ0v) is 51.0. The highest BCUT2D eigenvalue weighted by molar-refractivity contribution is 6.27. The van der Waals surface area contributed by atoms with E-state index in [1.165, 1.54) is 0 Å². The van der Waals surface area contributed by atoms with Gasteiger partial charge in [0.1, 0.15) is 58.6 Å². The molecule has 0 fully saturated rings. The second kappa shape index (κ2) is 22.3. The molecule has 16 heteroatoms. The zero-order valence-electron chi connectivity index (χ0n) is 51.0. The molecule has 8 aromatic carbocycles. The van der Waals surface area contributed by atoms with Crippen LogP contribution in [0.5, 0.6) is 0 Å². The summed E-state index contributed by atoms with van der Waals surface area (Å²) in [6.07, 6.45) is 0. The number of rotatable bonds is 0. The molecule has 0 unspecified atom stereocenters. The molecule has 12 bridgehead atoms. The van der Waals surface area contributed by atoms with Crippen LogP contribution in [-0.2, 0) is 13.3 Å². The van der Waals surface area contributed by atoms with Crippen LogP contribution < -0.4 is 22.0 Å². The van der Waals surface area contributed by atoms with Crippen molar-refractivity contribution in [3.05, 3.63) is 261 Å². The normalized spacial score (nSPS) is 14.6. The molecule has 16 nitrogen and oxygen atoms in total. The van der Waals surface area contributed by atoms with E-state index in [-0.39, 0.29) is 0 Å². The van der Waals surface area contributed by atoms with E-state index >= 15 is 0 Å². The molecular formula is C74H60N16. The van der Waals surface area contributed by atoms with Crippen molar-refractivity contribution >= 4 is 113 Å². The highest BCUT2D eigenvalue weighted by Crippen LogP contribution is 2.43. The number of hydrogen-bond acceptors (Lipinski definition) is 12. The Kier molecular flexibility index (Phi) is 13.7. The molecule has 0 aliphatic carbocycles. The summed E-state index contributed by atoms with van der Waals surface area (Å²) in [6.45, 7) is 16.8. The van der Waals surface area contributed by atoms with Crippen LogP contribution in [-0.4, -0.2) is 65.0 Å². The first-order chi connectivity index (χ1) is 44.6. The molecule has 0 saturated carbocycles.